The SMILES string of the molecule is Fc1[c]cccc1OCCCCCCl. The Bertz CT molecular complexity index is 265. The van der Waals surface area contributed by atoms with Crippen LogP contribution < -0.4 is 4.74 Å². The fraction of sp³-hybridized carbons (Fsp3) is 0.455. The third-order valence-corrected chi connectivity index (χ3v) is 2.07. The van der Waals surface area contributed by atoms with Crippen LogP contribution in [0.1, 0.15) is 19.3 Å². The van der Waals surface area contributed by atoms with Crippen LogP contribution in [-0.4, -0.2) is 12.5 Å². The zero-order valence-electron chi connectivity index (χ0n) is 7.93. The van der Waals surface area contributed by atoms with Gasteiger partial charge in [-0.05, 0) is 25.3 Å². The van der Waals surface area contributed by atoms with Crippen LogP contribution in [0.2, 0.25) is 0 Å². The van der Waals surface area contributed by atoms with E-state index in [1.54, 1.807) is 12.1 Å². The fourth-order valence-corrected chi connectivity index (χ4v) is 1.26. The van der Waals surface area contributed by atoms with Crippen LogP contribution in [-0.2, 0) is 0 Å². The maximum atomic E-state index is 13.0. The average Bonchev–Trinajstić information content (AvgIpc) is 2.20. The van der Waals surface area contributed by atoms with Crippen molar-refractivity contribution in [3.63, 3.8) is 0 Å². The molecular weight excluding hydrogens is 203 g/mol. The summed E-state index contributed by atoms with van der Waals surface area (Å²) in [5, 5.41) is 0. The highest BCUT2D eigenvalue weighted by Gasteiger charge is 2.00. The van der Waals surface area contributed by atoms with Gasteiger partial charge in [0.05, 0.1) is 6.61 Å². The lowest BCUT2D eigenvalue weighted by Gasteiger charge is -2.05. The molecule has 3 heteroatoms. The first-order chi connectivity index (χ1) is 6.84. The summed E-state index contributed by atoms with van der Waals surface area (Å²) < 4.78 is 18.2. The lowest BCUT2D eigenvalue weighted by Crippen LogP contribution is -1.99. The van der Waals surface area contributed by atoms with Gasteiger partial charge in [-0.3, -0.25) is 0 Å². The maximum Gasteiger partial charge on any atom is 0.172 e. The minimum atomic E-state index is -0.426. The van der Waals surface area contributed by atoms with E-state index in [1.807, 2.05) is 0 Å². The normalized spacial score (nSPS) is 10.1. The Balaban J connectivity index is 2.21. The summed E-state index contributed by atoms with van der Waals surface area (Å²) in [6.45, 7) is 0.533. The average molecular weight is 216 g/mol. The molecule has 14 heavy (non-hydrogen) atoms. The third kappa shape index (κ3) is 3.97. The number of alkyl halides is 1. The molecule has 0 unspecified atom stereocenters. The molecule has 1 rings (SSSR count). The van der Waals surface area contributed by atoms with Crippen LogP contribution in [0.25, 0.3) is 0 Å². The Morgan fingerprint density at radius 1 is 1.36 bits per heavy atom. The van der Waals surface area contributed by atoms with E-state index in [2.05, 4.69) is 6.07 Å². The second kappa shape index (κ2) is 6.66. The van der Waals surface area contributed by atoms with Gasteiger partial charge in [-0.1, -0.05) is 12.1 Å². The molecule has 77 valence electrons. The minimum Gasteiger partial charge on any atom is -0.490 e. The van der Waals surface area contributed by atoms with Crippen molar-refractivity contribution in [2.45, 2.75) is 19.3 Å². The highest BCUT2D eigenvalue weighted by Crippen LogP contribution is 2.15. The highest BCUT2D eigenvalue weighted by atomic mass is 35.5. The zero-order valence-corrected chi connectivity index (χ0v) is 8.69. The van der Waals surface area contributed by atoms with E-state index in [9.17, 15) is 4.39 Å². The molecule has 0 heterocycles. The van der Waals surface area contributed by atoms with Gasteiger partial charge < -0.3 is 4.74 Å². The van der Waals surface area contributed by atoms with E-state index in [4.69, 9.17) is 16.3 Å². The first-order valence-corrected chi connectivity index (χ1v) is 5.23. The Morgan fingerprint density at radius 2 is 2.21 bits per heavy atom. The second-order valence-electron chi connectivity index (χ2n) is 2.95. The van der Waals surface area contributed by atoms with E-state index >= 15 is 0 Å². The number of unbranched alkanes of at least 4 members (excludes halogenated alkanes) is 2. The van der Waals surface area contributed by atoms with Gasteiger partial charge in [0, 0.05) is 11.9 Å². The van der Waals surface area contributed by atoms with Crippen LogP contribution in [0.5, 0.6) is 5.75 Å². The van der Waals surface area contributed by atoms with Crippen molar-refractivity contribution < 1.29 is 9.13 Å². The molecule has 0 spiro atoms. The molecule has 1 nitrogen and oxygen atoms in total. The maximum absolute atomic E-state index is 13.0. The lowest BCUT2D eigenvalue weighted by molar-refractivity contribution is 0.291. The summed E-state index contributed by atoms with van der Waals surface area (Å²) in [6.07, 6.45) is 2.90. The molecule has 0 aliphatic heterocycles. The van der Waals surface area contributed by atoms with Gasteiger partial charge in [0.2, 0.25) is 0 Å². The van der Waals surface area contributed by atoms with Crippen molar-refractivity contribution >= 4 is 11.6 Å². The van der Waals surface area contributed by atoms with Gasteiger partial charge in [0.1, 0.15) is 0 Å². The van der Waals surface area contributed by atoms with E-state index < -0.39 is 5.82 Å². The lowest BCUT2D eigenvalue weighted by atomic mass is 10.2. The molecule has 0 aliphatic rings. The molecule has 0 amide bonds. The van der Waals surface area contributed by atoms with Crippen LogP contribution in [0.15, 0.2) is 18.2 Å². The molecular formula is C11H13ClFO. The van der Waals surface area contributed by atoms with E-state index in [0.29, 0.717) is 12.5 Å². The number of ether oxygens (including phenoxy) is 1. The van der Waals surface area contributed by atoms with Crippen molar-refractivity contribution in [2.75, 3.05) is 12.5 Å². The molecule has 0 fully saturated rings. The Morgan fingerprint density at radius 3 is 2.93 bits per heavy atom. The fourth-order valence-electron chi connectivity index (χ4n) is 1.07. The van der Waals surface area contributed by atoms with Crippen molar-refractivity contribution in [2.24, 2.45) is 0 Å². The summed E-state index contributed by atoms with van der Waals surface area (Å²) >= 11 is 5.52. The molecule has 1 radical (unpaired) electrons. The summed E-state index contributed by atoms with van der Waals surface area (Å²) in [7, 11) is 0. The molecule has 0 aromatic heterocycles. The van der Waals surface area contributed by atoms with E-state index in [0.717, 1.165) is 19.3 Å². The standard InChI is InChI=1S/C11H13ClFO/c12-8-4-1-5-9-14-11-7-3-2-6-10(11)13/h2-3,7H,1,4-5,8-9H2. The second-order valence-corrected chi connectivity index (χ2v) is 3.32. The molecule has 1 aromatic carbocycles. The monoisotopic (exact) mass is 215 g/mol. The summed E-state index contributed by atoms with van der Waals surface area (Å²) in [5.41, 5.74) is 0. The van der Waals surface area contributed by atoms with Gasteiger partial charge in [-0.2, -0.15) is 0 Å². The smallest absolute Gasteiger partial charge is 0.172 e. The predicted octanol–water partition coefficient (Wildman–Crippen LogP) is 3.41. The topological polar surface area (TPSA) is 9.23 Å². The Kier molecular flexibility index (Phi) is 5.38. The van der Waals surface area contributed by atoms with Crippen LogP contribution in [0.4, 0.5) is 4.39 Å². The Labute approximate surface area is 88.8 Å². The molecule has 1 aromatic rings. The number of rotatable bonds is 6. The highest BCUT2D eigenvalue weighted by molar-refractivity contribution is 6.17. The molecule has 0 atom stereocenters. The first kappa shape index (κ1) is 11.3. The third-order valence-electron chi connectivity index (χ3n) is 1.81. The molecule has 0 saturated heterocycles. The van der Waals surface area contributed by atoms with Gasteiger partial charge in [0.15, 0.2) is 11.6 Å². The quantitative estimate of drug-likeness (QED) is 0.522. The number of hydrogen-bond donors (Lipinski definition) is 0. The molecule has 0 N–H and O–H groups in total. The minimum absolute atomic E-state index is 0.276. The summed E-state index contributed by atoms with van der Waals surface area (Å²) in [6, 6.07) is 7.27. The van der Waals surface area contributed by atoms with Gasteiger partial charge in [-0.15, -0.1) is 11.6 Å². The molecule has 0 bridgehead atoms. The van der Waals surface area contributed by atoms with Gasteiger partial charge in [0.25, 0.3) is 0 Å². The largest absolute Gasteiger partial charge is 0.490 e. The van der Waals surface area contributed by atoms with Gasteiger partial charge in [-0.25, -0.2) is 4.39 Å². The number of benzene rings is 1. The number of halogens is 2. The zero-order chi connectivity index (χ0) is 10.2. The van der Waals surface area contributed by atoms with Crippen LogP contribution >= 0.6 is 11.6 Å². The summed E-state index contributed by atoms with van der Waals surface area (Å²) in [4.78, 5) is 0. The van der Waals surface area contributed by atoms with Crippen molar-refractivity contribution in [1.82, 2.24) is 0 Å². The molecule has 0 aliphatic carbocycles. The van der Waals surface area contributed by atoms with E-state index in [-0.39, 0.29) is 5.75 Å². The Hall–Kier alpha value is -0.760. The number of hydrogen-bond acceptors (Lipinski definition) is 1. The van der Waals surface area contributed by atoms with Gasteiger partial charge >= 0.3 is 0 Å². The van der Waals surface area contributed by atoms with Crippen molar-refractivity contribution in [3.8, 4) is 5.75 Å². The first-order valence-electron chi connectivity index (χ1n) is 4.69. The van der Waals surface area contributed by atoms with Crippen molar-refractivity contribution in [1.29, 1.82) is 0 Å². The van der Waals surface area contributed by atoms with E-state index in [1.165, 1.54) is 6.07 Å². The van der Waals surface area contributed by atoms with Crippen LogP contribution in [0, 0.1) is 11.9 Å². The summed E-state index contributed by atoms with van der Waals surface area (Å²) in [5.74, 6) is 0.524. The van der Waals surface area contributed by atoms with Crippen LogP contribution in [0.3, 0.4) is 0 Å². The predicted molar refractivity (Wildman–Crippen MR) is 55.3 cm³/mol. The molecule has 0 saturated carbocycles. The van der Waals surface area contributed by atoms with Crippen molar-refractivity contribution in [3.05, 3.63) is 30.1 Å².